The number of nitro benzene ring substituents is 1. The molecule has 0 fully saturated rings. The predicted molar refractivity (Wildman–Crippen MR) is 91.2 cm³/mol. The van der Waals surface area contributed by atoms with Crippen LogP contribution < -0.4 is 5.73 Å². The first-order valence-corrected chi connectivity index (χ1v) is 7.80. The molecule has 0 saturated heterocycles. The minimum Gasteiger partial charge on any atom is -0.330 e. The van der Waals surface area contributed by atoms with Crippen LogP contribution in [0.4, 0.5) is 14.5 Å². The highest BCUT2D eigenvalue weighted by atomic mass is 19.1. The average molecular weight is 336 g/mol. The number of hydrogen-bond acceptors (Lipinski definition) is 3. The van der Waals surface area contributed by atoms with E-state index in [-0.39, 0.29) is 18.2 Å². The molecule has 0 atom stereocenters. The van der Waals surface area contributed by atoms with E-state index >= 15 is 0 Å². The maximum atomic E-state index is 12.4. The SMILES string of the molecule is NCCCc1ccc(F)cc1.O=[N+]([O-])c1ccc(CCCF)cc1. The van der Waals surface area contributed by atoms with Crippen LogP contribution in [-0.2, 0) is 12.8 Å². The Kier molecular flexibility index (Phi) is 9.23. The number of nitro groups is 1. The minimum atomic E-state index is -0.446. The Balaban J connectivity index is 0.000000243. The molecule has 0 aromatic heterocycles. The third-order valence-corrected chi connectivity index (χ3v) is 3.33. The van der Waals surface area contributed by atoms with Gasteiger partial charge >= 0.3 is 0 Å². The molecule has 0 radical (unpaired) electrons. The zero-order valence-corrected chi connectivity index (χ0v) is 13.5. The van der Waals surface area contributed by atoms with Crippen LogP contribution in [0.1, 0.15) is 24.0 Å². The first kappa shape index (κ1) is 19.7. The van der Waals surface area contributed by atoms with Gasteiger partial charge in [-0.15, -0.1) is 0 Å². The molecule has 6 heteroatoms. The van der Waals surface area contributed by atoms with Gasteiger partial charge in [-0.1, -0.05) is 24.3 Å². The second-order valence-corrected chi connectivity index (χ2v) is 5.23. The second-order valence-electron chi connectivity index (χ2n) is 5.23. The molecule has 2 aromatic rings. The molecule has 0 aliphatic heterocycles. The maximum Gasteiger partial charge on any atom is 0.269 e. The molecule has 0 aliphatic rings. The fraction of sp³-hybridized carbons (Fsp3) is 0.333. The van der Waals surface area contributed by atoms with E-state index in [0.29, 0.717) is 19.4 Å². The fourth-order valence-corrected chi connectivity index (χ4v) is 2.01. The normalized spacial score (nSPS) is 9.96. The van der Waals surface area contributed by atoms with Crippen molar-refractivity contribution in [3.05, 3.63) is 75.6 Å². The van der Waals surface area contributed by atoms with Gasteiger partial charge in [0.05, 0.1) is 11.6 Å². The van der Waals surface area contributed by atoms with Gasteiger partial charge in [0.25, 0.3) is 5.69 Å². The highest BCUT2D eigenvalue weighted by Crippen LogP contribution is 2.12. The summed E-state index contributed by atoms with van der Waals surface area (Å²) in [6.45, 7) is 0.342. The molecule has 4 nitrogen and oxygen atoms in total. The topological polar surface area (TPSA) is 69.2 Å². The van der Waals surface area contributed by atoms with Crippen LogP contribution in [0.15, 0.2) is 48.5 Å². The van der Waals surface area contributed by atoms with Crippen LogP contribution in [0, 0.1) is 15.9 Å². The van der Waals surface area contributed by atoms with Crippen molar-refractivity contribution in [3.63, 3.8) is 0 Å². The third kappa shape index (κ3) is 7.78. The molecule has 2 aromatic carbocycles. The number of hydrogen-bond donors (Lipinski definition) is 1. The predicted octanol–water partition coefficient (Wildman–Crippen LogP) is 4.21. The van der Waals surface area contributed by atoms with Gasteiger partial charge in [-0.05, 0) is 55.5 Å². The van der Waals surface area contributed by atoms with Crippen molar-refractivity contribution >= 4 is 5.69 Å². The number of benzene rings is 2. The number of rotatable bonds is 7. The highest BCUT2D eigenvalue weighted by Gasteiger charge is 2.03. The van der Waals surface area contributed by atoms with E-state index in [2.05, 4.69) is 0 Å². The van der Waals surface area contributed by atoms with Crippen molar-refractivity contribution in [2.75, 3.05) is 13.2 Å². The van der Waals surface area contributed by atoms with Gasteiger partial charge in [0.2, 0.25) is 0 Å². The Morgan fingerprint density at radius 2 is 1.42 bits per heavy atom. The molecular formula is C18H22F2N2O2. The maximum absolute atomic E-state index is 12.4. The van der Waals surface area contributed by atoms with Crippen LogP contribution in [0.25, 0.3) is 0 Å². The van der Waals surface area contributed by atoms with Crippen molar-refractivity contribution in [1.82, 2.24) is 0 Å². The van der Waals surface area contributed by atoms with E-state index in [4.69, 9.17) is 5.73 Å². The van der Waals surface area contributed by atoms with Crippen molar-refractivity contribution in [2.24, 2.45) is 5.73 Å². The molecule has 24 heavy (non-hydrogen) atoms. The van der Waals surface area contributed by atoms with Crippen LogP contribution in [0.5, 0.6) is 0 Å². The van der Waals surface area contributed by atoms with Crippen molar-refractivity contribution in [1.29, 1.82) is 0 Å². The quantitative estimate of drug-likeness (QED) is 0.608. The Morgan fingerprint density at radius 1 is 0.917 bits per heavy atom. The van der Waals surface area contributed by atoms with Gasteiger partial charge in [-0.2, -0.15) is 0 Å². The zero-order chi connectivity index (χ0) is 17.8. The standard InChI is InChI=1S/C9H10FNO2.C9H12FN/c10-7-1-2-8-3-5-9(6-4-8)11(12)13;10-9-5-3-8(4-6-9)2-1-7-11/h3-6H,1-2,7H2;3-6H,1-2,7,11H2. The molecule has 0 saturated carbocycles. The summed E-state index contributed by atoms with van der Waals surface area (Å²) in [5, 5.41) is 10.3. The molecule has 0 amide bonds. The summed E-state index contributed by atoms with van der Waals surface area (Å²) < 4.78 is 24.2. The van der Waals surface area contributed by atoms with Crippen molar-refractivity contribution in [2.45, 2.75) is 25.7 Å². The average Bonchev–Trinajstić information content (AvgIpc) is 2.60. The van der Waals surface area contributed by atoms with Crippen LogP contribution >= 0.6 is 0 Å². The fourth-order valence-electron chi connectivity index (χ4n) is 2.01. The number of alkyl halides is 1. The van der Waals surface area contributed by atoms with E-state index in [9.17, 15) is 18.9 Å². The van der Waals surface area contributed by atoms with E-state index in [1.807, 2.05) is 0 Å². The van der Waals surface area contributed by atoms with Crippen LogP contribution in [0.3, 0.4) is 0 Å². The lowest BCUT2D eigenvalue weighted by molar-refractivity contribution is -0.384. The molecule has 0 heterocycles. The third-order valence-electron chi connectivity index (χ3n) is 3.33. The lowest BCUT2D eigenvalue weighted by Crippen LogP contribution is -2.00. The summed E-state index contributed by atoms with van der Waals surface area (Å²) in [7, 11) is 0. The zero-order valence-electron chi connectivity index (χ0n) is 13.5. The number of nitrogens with zero attached hydrogens (tertiary/aromatic N) is 1. The van der Waals surface area contributed by atoms with Gasteiger partial charge in [-0.25, -0.2) is 4.39 Å². The molecule has 2 N–H and O–H groups in total. The summed E-state index contributed by atoms with van der Waals surface area (Å²) in [5.74, 6) is -0.179. The molecular weight excluding hydrogens is 314 g/mol. The minimum absolute atomic E-state index is 0.0731. The monoisotopic (exact) mass is 336 g/mol. The summed E-state index contributed by atoms with van der Waals surface area (Å²) in [5.41, 5.74) is 7.49. The summed E-state index contributed by atoms with van der Waals surface area (Å²) >= 11 is 0. The van der Waals surface area contributed by atoms with Crippen LogP contribution in [0.2, 0.25) is 0 Å². The van der Waals surface area contributed by atoms with Gasteiger partial charge in [0, 0.05) is 12.1 Å². The molecule has 0 spiro atoms. The largest absolute Gasteiger partial charge is 0.330 e. The number of nitrogens with two attached hydrogens (primary N) is 1. The van der Waals surface area contributed by atoms with E-state index in [0.717, 1.165) is 24.0 Å². The lowest BCUT2D eigenvalue weighted by Gasteiger charge is -1.97. The lowest BCUT2D eigenvalue weighted by atomic mass is 10.1. The number of aryl methyl sites for hydroxylation is 2. The van der Waals surface area contributed by atoms with Gasteiger partial charge in [-0.3, -0.25) is 14.5 Å². The first-order chi connectivity index (χ1) is 11.6. The molecule has 0 aliphatic carbocycles. The van der Waals surface area contributed by atoms with Crippen molar-refractivity contribution in [3.8, 4) is 0 Å². The van der Waals surface area contributed by atoms with E-state index < -0.39 is 4.92 Å². The number of non-ortho nitro benzene ring substituents is 1. The molecule has 0 bridgehead atoms. The Bertz CT molecular complexity index is 601. The summed E-state index contributed by atoms with van der Waals surface area (Å²) in [6, 6.07) is 12.7. The Hall–Kier alpha value is -2.34. The molecule has 2 rings (SSSR count). The first-order valence-electron chi connectivity index (χ1n) is 7.80. The molecule has 130 valence electrons. The van der Waals surface area contributed by atoms with E-state index in [1.54, 1.807) is 24.3 Å². The van der Waals surface area contributed by atoms with Crippen molar-refractivity contribution < 1.29 is 13.7 Å². The Labute approximate surface area is 140 Å². The highest BCUT2D eigenvalue weighted by molar-refractivity contribution is 5.32. The molecule has 0 unspecified atom stereocenters. The summed E-state index contributed by atoms with van der Waals surface area (Å²) in [4.78, 5) is 9.83. The van der Waals surface area contributed by atoms with Gasteiger partial charge in [0.1, 0.15) is 5.82 Å². The second kappa shape index (κ2) is 11.2. The Morgan fingerprint density at radius 3 is 1.88 bits per heavy atom. The smallest absolute Gasteiger partial charge is 0.269 e. The summed E-state index contributed by atoms with van der Waals surface area (Å²) in [6.07, 6.45) is 3.01. The van der Waals surface area contributed by atoms with Gasteiger partial charge < -0.3 is 5.73 Å². The van der Waals surface area contributed by atoms with Gasteiger partial charge in [0.15, 0.2) is 0 Å². The van der Waals surface area contributed by atoms with E-state index in [1.165, 1.54) is 24.3 Å². The van der Waals surface area contributed by atoms with Crippen LogP contribution in [-0.4, -0.2) is 18.1 Å². The number of halogens is 2.